The Morgan fingerprint density at radius 2 is 1.72 bits per heavy atom. The Morgan fingerprint density at radius 3 is 2.28 bits per heavy atom. The minimum atomic E-state index is -0.960. The van der Waals surface area contributed by atoms with Gasteiger partial charge in [-0.2, -0.15) is 0 Å². The first-order valence-electron chi connectivity index (χ1n) is 8.46. The summed E-state index contributed by atoms with van der Waals surface area (Å²) in [6, 6.07) is 12.9. The van der Waals surface area contributed by atoms with Crippen molar-refractivity contribution in [3.05, 3.63) is 59.2 Å². The smallest absolute Gasteiger partial charge is 0.336 e. The van der Waals surface area contributed by atoms with Crippen LogP contribution in [-0.4, -0.2) is 24.3 Å². The first-order chi connectivity index (χ1) is 12.0. The molecule has 0 atom stereocenters. The maximum Gasteiger partial charge on any atom is 0.336 e. The highest BCUT2D eigenvalue weighted by Gasteiger charge is 2.13. The minimum absolute atomic E-state index is 0.253. The minimum Gasteiger partial charge on any atom is -0.494 e. The zero-order chi connectivity index (χ0) is 18.2. The van der Waals surface area contributed by atoms with Crippen molar-refractivity contribution in [2.24, 2.45) is 0 Å². The number of hydrogen-bond acceptors (Lipinski definition) is 3. The number of aryl methyl sites for hydroxylation is 1. The second kappa shape index (κ2) is 8.92. The quantitative estimate of drug-likeness (QED) is 0.553. The summed E-state index contributed by atoms with van der Waals surface area (Å²) in [6.45, 7) is 7.10. The van der Waals surface area contributed by atoms with Crippen molar-refractivity contribution in [3.8, 4) is 11.5 Å². The topological polar surface area (TPSA) is 55.8 Å². The summed E-state index contributed by atoms with van der Waals surface area (Å²) >= 11 is 0. The Hall–Kier alpha value is -2.75. The Kier molecular flexibility index (Phi) is 6.63. The molecule has 4 heteroatoms. The molecule has 4 nitrogen and oxygen atoms in total. The fourth-order valence-corrected chi connectivity index (χ4v) is 2.50. The molecule has 25 heavy (non-hydrogen) atoms. The molecule has 0 spiro atoms. The summed E-state index contributed by atoms with van der Waals surface area (Å²) in [6.07, 6.45) is 2.62. The zero-order valence-electron chi connectivity index (χ0n) is 14.9. The van der Waals surface area contributed by atoms with Crippen molar-refractivity contribution < 1.29 is 19.4 Å². The second-order valence-corrected chi connectivity index (χ2v) is 5.69. The van der Waals surface area contributed by atoms with Crippen LogP contribution in [0.15, 0.2) is 42.5 Å². The largest absolute Gasteiger partial charge is 0.494 e. The van der Waals surface area contributed by atoms with Crippen LogP contribution in [0.4, 0.5) is 0 Å². The molecule has 0 aliphatic carbocycles. The number of carboxylic acid groups (broad SMARTS) is 1. The predicted octanol–water partition coefficient (Wildman–Crippen LogP) is 4.81. The highest BCUT2D eigenvalue weighted by molar-refractivity contribution is 6.21. The number of ether oxygens (including phenoxy) is 2. The predicted molar refractivity (Wildman–Crippen MR) is 100 cm³/mol. The number of carbonyl (C=O) groups is 1. The lowest BCUT2D eigenvalue weighted by molar-refractivity contribution is -0.130. The van der Waals surface area contributed by atoms with Gasteiger partial charge < -0.3 is 14.6 Å². The Morgan fingerprint density at radius 1 is 1.04 bits per heavy atom. The summed E-state index contributed by atoms with van der Waals surface area (Å²) in [5.74, 6) is 0.567. The SMILES string of the molecule is CCCOc1ccc(/C=C(\C(=O)O)c2ccc(OCC)cc2C)cc1. The molecular weight excluding hydrogens is 316 g/mol. The second-order valence-electron chi connectivity index (χ2n) is 5.69. The number of benzene rings is 2. The molecule has 0 amide bonds. The summed E-state index contributed by atoms with van der Waals surface area (Å²) in [5.41, 5.74) is 2.61. The van der Waals surface area contributed by atoms with Gasteiger partial charge in [-0.05, 0) is 67.3 Å². The first-order valence-corrected chi connectivity index (χ1v) is 8.46. The molecular formula is C21H24O4. The van der Waals surface area contributed by atoms with E-state index in [-0.39, 0.29) is 5.57 Å². The van der Waals surface area contributed by atoms with Crippen molar-refractivity contribution in [3.63, 3.8) is 0 Å². The lowest BCUT2D eigenvalue weighted by atomic mass is 9.98. The molecule has 0 aliphatic rings. The summed E-state index contributed by atoms with van der Waals surface area (Å²) in [4.78, 5) is 11.8. The van der Waals surface area contributed by atoms with E-state index in [0.717, 1.165) is 29.0 Å². The van der Waals surface area contributed by atoms with Crippen molar-refractivity contribution in [2.45, 2.75) is 27.2 Å². The third-order valence-electron chi connectivity index (χ3n) is 3.69. The average Bonchev–Trinajstić information content (AvgIpc) is 2.59. The van der Waals surface area contributed by atoms with E-state index in [1.807, 2.05) is 44.2 Å². The molecule has 0 fully saturated rings. The van der Waals surface area contributed by atoms with E-state index in [4.69, 9.17) is 9.47 Å². The number of rotatable bonds is 8. The molecule has 132 valence electrons. The molecule has 0 radical (unpaired) electrons. The molecule has 0 aliphatic heterocycles. The summed E-state index contributed by atoms with van der Waals surface area (Å²) in [7, 11) is 0. The van der Waals surface area contributed by atoms with Gasteiger partial charge >= 0.3 is 5.97 Å². The third-order valence-corrected chi connectivity index (χ3v) is 3.69. The van der Waals surface area contributed by atoms with Gasteiger partial charge in [-0.1, -0.05) is 25.1 Å². The van der Waals surface area contributed by atoms with Crippen molar-refractivity contribution in [2.75, 3.05) is 13.2 Å². The molecule has 2 rings (SSSR count). The van der Waals surface area contributed by atoms with Gasteiger partial charge in [0.1, 0.15) is 11.5 Å². The van der Waals surface area contributed by atoms with Crippen LogP contribution in [-0.2, 0) is 4.79 Å². The maximum absolute atomic E-state index is 11.8. The molecule has 2 aromatic carbocycles. The van der Waals surface area contributed by atoms with Crippen LogP contribution < -0.4 is 9.47 Å². The molecule has 0 bridgehead atoms. The maximum atomic E-state index is 11.8. The summed E-state index contributed by atoms with van der Waals surface area (Å²) < 4.78 is 11.0. The van der Waals surface area contributed by atoms with Gasteiger partial charge in [-0.3, -0.25) is 0 Å². The third kappa shape index (κ3) is 5.11. The standard InChI is InChI=1S/C21H24O4/c1-4-12-25-17-8-6-16(7-9-17)14-20(21(22)23)19-11-10-18(24-5-2)13-15(19)3/h6-11,13-14H,4-5,12H2,1-3H3,(H,22,23)/b20-14-. The van der Waals surface area contributed by atoms with Gasteiger partial charge in [0.15, 0.2) is 0 Å². The van der Waals surface area contributed by atoms with Gasteiger partial charge in [-0.15, -0.1) is 0 Å². The van der Waals surface area contributed by atoms with Gasteiger partial charge in [0.25, 0.3) is 0 Å². The van der Waals surface area contributed by atoms with E-state index >= 15 is 0 Å². The van der Waals surface area contributed by atoms with E-state index in [9.17, 15) is 9.90 Å². The monoisotopic (exact) mass is 340 g/mol. The molecule has 1 N–H and O–H groups in total. The van der Waals surface area contributed by atoms with Crippen LogP contribution in [0.1, 0.15) is 37.0 Å². The van der Waals surface area contributed by atoms with Crippen LogP contribution in [0.3, 0.4) is 0 Å². The highest BCUT2D eigenvalue weighted by atomic mass is 16.5. The molecule has 0 heterocycles. The van der Waals surface area contributed by atoms with E-state index < -0.39 is 5.97 Å². The molecule has 0 unspecified atom stereocenters. The van der Waals surface area contributed by atoms with E-state index in [0.29, 0.717) is 18.8 Å². The molecule has 0 aromatic heterocycles. The van der Waals surface area contributed by atoms with E-state index in [2.05, 4.69) is 6.92 Å². The van der Waals surface area contributed by atoms with Gasteiger partial charge in [0, 0.05) is 0 Å². The lowest BCUT2D eigenvalue weighted by Gasteiger charge is -2.10. The van der Waals surface area contributed by atoms with Crippen LogP contribution in [0, 0.1) is 6.92 Å². The van der Waals surface area contributed by atoms with Gasteiger partial charge in [0.05, 0.1) is 18.8 Å². The Labute approximate surface area is 148 Å². The van der Waals surface area contributed by atoms with Crippen molar-refractivity contribution >= 4 is 17.6 Å². The number of aliphatic carboxylic acids is 1. The average molecular weight is 340 g/mol. The molecule has 0 saturated carbocycles. The molecule has 2 aromatic rings. The highest BCUT2D eigenvalue weighted by Crippen LogP contribution is 2.26. The molecule has 0 saturated heterocycles. The first kappa shape index (κ1) is 18.6. The fraction of sp³-hybridized carbons (Fsp3) is 0.286. The van der Waals surface area contributed by atoms with Crippen LogP contribution >= 0.6 is 0 Å². The van der Waals surface area contributed by atoms with E-state index in [1.54, 1.807) is 18.2 Å². The van der Waals surface area contributed by atoms with Crippen molar-refractivity contribution in [1.82, 2.24) is 0 Å². The summed E-state index contributed by atoms with van der Waals surface area (Å²) in [5, 5.41) is 9.63. The normalized spacial score (nSPS) is 11.2. The lowest BCUT2D eigenvalue weighted by Crippen LogP contribution is -2.02. The van der Waals surface area contributed by atoms with Crippen LogP contribution in [0.5, 0.6) is 11.5 Å². The fourth-order valence-electron chi connectivity index (χ4n) is 2.50. The number of carboxylic acids is 1. The number of hydrogen-bond donors (Lipinski definition) is 1. The Balaban J connectivity index is 2.31. The van der Waals surface area contributed by atoms with Crippen molar-refractivity contribution in [1.29, 1.82) is 0 Å². The van der Waals surface area contributed by atoms with E-state index in [1.165, 1.54) is 0 Å². The van der Waals surface area contributed by atoms with Gasteiger partial charge in [-0.25, -0.2) is 4.79 Å². The van der Waals surface area contributed by atoms with Crippen LogP contribution in [0.2, 0.25) is 0 Å². The van der Waals surface area contributed by atoms with Crippen LogP contribution in [0.25, 0.3) is 11.6 Å². The Bertz CT molecular complexity index is 745. The zero-order valence-corrected chi connectivity index (χ0v) is 14.9. The van der Waals surface area contributed by atoms with Gasteiger partial charge in [0.2, 0.25) is 0 Å².